The summed E-state index contributed by atoms with van der Waals surface area (Å²) in [6.45, 7) is 10.6. The van der Waals surface area contributed by atoms with Gasteiger partial charge in [0.15, 0.2) is 5.84 Å². The first-order valence-corrected chi connectivity index (χ1v) is 18.2. The van der Waals surface area contributed by atoms with E-state index in [1.807, 2.05) is 56.1 Å². The molecule has 4 rings (SSSR count). The molecule has 6 nitrogen and oxygen atoms in total. The van der Waals surface area contributed by atoms with Crippen molar-refractivity contribution in [2.24, 2.45) is 27.1 Å². The van der Waals surface area contributed by atoms with Crippen LogP contribution in [0.25, 0.3) is 0 Å². The molecule has 250 valence electrons. The standard InChI is InChI=1S/C38H48FN5OS2/c1-7-16-42-30-21-28-13-18-46-25-37(3,4)14-9-15-38(5,29-11-8-10-27(20-29)19-26(2)24-45)36(40)44-35(41-6)33-23-31(12-17-43-33)47-34(28)32(39)22-30/h7-8,10-12,16-17,20-24,26,42H,9,13-15,18-19,25H2,1-6H3,(H2,40,41,44)/b16-7-/t26?,38-/m1/s1. The fourth-order valence-electron chi connectivity index (χ4n) is 5.79. The van der Waals surface area contributed by atoms with E-state index >= 15 is 4.39 Å². The number of nitrogens with zero attached hydrogens (tertiary/aromatic N) is 3. The lowest BCUT2D eigenvalue weighted by molar-refractivity contribution is -0.110. The number of aromatic nitrogens is 1. The SMILES string of the molecule is C/C=C\Nc1cc(F)c2c(c1)CCSCC(C)(C)CCC[C@](C)(c1cccc(CC(C)C=O)c1)C(N)=NC(=NC)c1cc(ccn1)S2. The van der Waals surface area contributed by atoms with Crippen molar-refractivity contribution in [1.29, 1.82) is 0 Å². The summed E-state index contributed by atoms with van der Waals surface area (Å²) < 4.78 is 15.7. The number of nitrogens with one attached hydrogen (secondary N) is 1. The summed E-state index contributed by atoms with van der Waals surface area (Å²) in [5, 5.41) is 3.18. The van der Waals surface area contributed by atoms with E-state index in [2.05, 4.69) is 60.3 Å². The summed E-state index contributed by atoms with van der Waals surface area (Å²) >= 11 is 3.31. The smallest absolute Gasteiger partial charge is 0.175 e. The zero-order chi connectivity index (χ0) is 34.0. The first-order valence-electron chi connectivity index (χ1n) is 16.3. The van der Waals surface area contributed by atoms with Crippen LogP contribution in [0.4, 0.5) is 10.1 Å². The number of fused-ring (bicyclic) bond motifs is 3. The Morgan fingerprint density at radius 2 is 1.96 bits per heavy atom. The maximum atomic E-state index is 15.7. The van der Waals surface area contributed by atoms with Gasteiger partial charge in [0.2, 0.25) is 0 Å². The molecule has 1 aliphatic heterocycles. The number of nitrogens with two attached hydrogens (primary N) is 1. The Labute approximate surface area is 288 Å². The van der Waals surface area contributed by atoms with Crippen LogP contribution < -0.4 is 11.1 Å². The highest BCUT2D eigenvalue weighted by Gasteiger charge is 2.33. The molecule has 9 heteroatoms. The molecule has 1 aliphatic rings. The van der Waals surface area contributed by atoms with Gasteiger partial charge in [-0.3, -0.25) is 9.98 Å². The number of thioether (sulfide) groups is 1. The number of aliphatic imine (C=N–C) groups is 2. The summed E-state index contributed by atoms with van der Waals surface area (Å²) in [4.78, 5) is 26.9. The minimum absolute atomic E-state index is 0.0694. The van der Waals surface area contributed by atoms with E-state index in [1.54, 1.807) is 19.3 Å². The molecule has 0 aliphatic carbocycles. The molecule has 47 heavy (non-hydrogen) atoms. The van der Waals surface area contributed by atoms with E-state index < -0.39 is 5.41 Å². The number of aryl methyl sites for hydroxylation is 1. The number of anilines is 1. The van der Waals surface area contributed by atoms with E-state index in [0.29, 0.717) is 28.7 Å². The highest BCUT2D eigenvalue weighted by atomic mass is 32.2. The molecule has 0 radical (unpaired) electrons. The van der Waals surface area contributed by atoms with Gasteiger partial charge in [0.25, 0.3) is 0 Å². The highest BCUT2D eigenvalue weighted by molar-refractivity contribution is 7.99. The van der Waals surface area contributed by atoms with Gasteiger partial charge in [-0.25, -0.2) is 9.38 Å². The van der Waals surface area contributed by atoms with E-state index in [0.717, 1.165) is 70.7 Å². The van der Waals surface area contributed by atoms with Crippen molar-refractivity contribution in [3.8, 4) is 0 Å². The minimum Gasteiger partial charge on any atom is -0.386 e. The second kappa shape index (κ2) is 16.6. The number of hydrogen-bond acceptors (Lipinski definition) is 7. The summed E-state index contributed by atoms with van der Waals surface area (Å²) in [7, 11) is 1.69. The molecule has 2 atom stereocenters. The normalized spacial score (nSPS) is 20.9. The van der Waals surface area contributed by atoms with Crippen LogP contribution in [-0.4, -0.2) is 41.5 Å². The Morgan fingerprint density at radius 3 is 2.70 bits per heavy atom. The molecule has 0 fully saturated rings. The lowest BCUT2D eigenvalue weighted by Crippen LogP contribution is -2.40. The number of amidine groups is 2. The number of allylic oxidation sites excluding steroid dienone is 1. The molecule has 1 aromatic heterocycles. The summed E-state index contributed by atoms with van der Waals surface area (Å²) in [6.07, 6.45) is 10.6. The number of hydrogen-bond donors (Lipinski definition) is 2. The maximum absolute atomic E-state index is 15.7. The van der Waals surface area contributed by atoms with Gasteiger partial charge in [0.05, 0.1) is 4.90 Å². The Balaban J connectivity index is 1.79. The van der Waals surface area contributed by atoms with Crippen LogP contribution >= 0.6 is 23.5 Å². The largest absolute Gasteiger partial charge is 0.386 e. The number of benzene rings is 2. The number of aldehydes is 1. The van der Waals surface area contributed by atoms with Crippen molar-refractivity contribution < 1.29 is 9.18 Å². The molecule has 3 aromatic rings. The molecular weight excluding hydrogens is 626 g/mol. The zero-order valence-corrected chi connectivity index (χ0v) is 30.1. The van der Waals surface area contributed by atoms with Crippen LogP contribution in [0.2, 0.25) is 0 Å². The number of rotatable bonds is 6. The van der Waals surface area contributed by atoms with Crippen molar-refractivity contribution in [3.05, 3.63) is 95.2 Å². The molecule has 1 unspecified atom stereocenters. The quantitative estimate of drug-likeness (QED) is 0.254. The number of pyridine rings is 1. The molecule has 0 spiro atoms. The van der Waals surface area contributed by atoms with Crippen LogP contribution in [0, 0.1) is 17.2 Å². The average molecular weight is 674 g/mol. The Morgan fingerprint density at radius 1 is 1.15 bits per heavy atom. The molecule has 0 saturated carbocycles. The van der Waals surface area contributed by atoms with Gasteiger partial charge < -0.3 is 15.8 Å². The third-order valence-electron chi connectivity index (χ3n) is 8.61. The van der Waals surface area contributed by atoms with Gasteiger partial charge >= 0.3 is 0 Å². The average Bonchev–Trinajstić information content (AvgIpc) is 3.05. The van der Waals surface area contributed by atoms with Gasteiger partial charge in [-0.05, 0) is 104 Å². The van der Waals surface area contributed by atoms with E-state index in [9.17, 15) is 4.79 Å². The second-order valence-corrected chi connectivity index (χ2v) is 15.5. The van der Waals surface area contributed by atoms with Crippen molar-refractivity contribution in [2.45, 2.75) is 81.9 Å². The first-order chi connectivity index (χ1) is 22.5. The Kier molecular flexibility index (Phi) is 12.9. The zero-order valence-electron chi connectivity index (χ0n) is 28.5. The predicted octanol–water partition coefficient (Wildman–Crippen LogP) is 8.87. The van der Waals surface area contributed by atoms with Crippen molar-refractivity contribution in [3.63, 3.8) is 0 Å². The topological polar surface area (TPSA) is 92.7 Å². The van der Waals surface area contributed by atoms with Crippen LogP contribution in [0.3, 0.4) is 0 Å². The third-order valence-corrected chi connectivity index (χ3v) is 11.2. The van der Waals surface area contributed by atoms with Gasteiger partial charge in [0.1, 0.15) is 23.6 Å². The number of halogens is 1. The summed E-state index contributed by atoms with van der Waals surface area (Å²) in [5.74, 6) is 2.44. The fraction of sp³-hybridized carbons (Fsp3) is 0.421. The Hall–Kier alpha value is -3.43. The summed E-state index contributed by atoms with van der Waals surface area (Å²) in [5.41, 5.74) is 10.9. The van der Waals surface area contributed by atoms with E-state index in [4.69, 9.17) is 10.7 Å². The molecule has 0 saturated heterocycles. The lowest BCUT2D eigenvalue weighted by Gasteiger charge is -2.32. The molecule has 2 bridgehead atoms. The lowest BCUT2D eigenvalue weighted by atomic mass is 9.74. The van der Waals surface area contributed by atoms with E-state index in [1.165, 1.54) is 11.8 Å². The van der Waals surface area contributed by atoms with Crippen LogP contribution in [-0.2, 0) is 23.1 Å². The van der Waals surface area contributed by atoms with Crippen LogP contribution in [0.1, 0.15) is 76.3 Å². The predicted molar refractivity (Wildman–Crippen MR) is 199 cm³/mol. The van der Waals surface area contributed by atoms with Crippen LogP contribution in [0.15, 0.2) is 86.8 Å². The van der Waals surface area contributed by atoms with Gasteiger partial charge in [-0.1, -0.05) is 69.3 Å². The van der Waals surface area contributed by atoms with Gasteiger partial charge in [-0.2, -0.15) is 11.8 Å². The number of carbonyl (C=O) groups excluding carboxylic acids is 1. The molecular formula is C38H48FN5OS2. The molecule has 0 amide bonds. The highest BCUT2D eigenvalue weighted by Crippen LogP contribution is 2.38. The summed E-state index contributed by atoms with van der Waals surface area (Å²) in [6, 6.07) is 15.8. The van der Waals surface area contributed by atoms with Crippen molar-refractivity contribution in [2.75, 3.05) is 23.9 Å². The Bertz CT molecular complexity index is 1640. The second-order valence-electron chi connectivity index (χ2n) is 13.3. The van der Waals surface area contributed by atoms with E-state index in [-0.39, 0.29) is 17.2 Å². The molecule has 2 heterocycles. The molecule has 3 N–H and O–H groups in total. The maximum Gasteiger partial charge on any atom is 0.175 e. The van der Waals surface area contributed by atoms with Gasteiger partial charge in [0, 0.05) is 35.2 Å². The monoisotopic (exact) mass is 673 g/mol. The van der Waals surface area contributed by atoms with Crippen molar-refractivity contribution >= 4 is 47.2 Å². The van der Waals surface area contributed by atoms with Crippen LogP contribution in [0.5, 0.6) is 0 Å². The minimum atomic E-state index is -0.571. The fourth-order valence-corrected chi connectivity index (χ4v) is 7.98. The molecule has 2 aromatic carbocycles. The van der Waals surface area contributed by atoms with Crippen molar-refractivity contribution in [1.82, 2.24) is 4.98 Å². The number of carbonyl (C=O) groups is 1. The first kappa shape index (κ1) is 36.4. The van der Waals surface area contributed by atoms with Gasteiger partial charge in [-0.15, -0.1) is 0 Å². The third kappa shape index (κ3) is 9.80.